The summed E-state index contributed by atoms with van der Waals surface area (Å²) in [7, 11) is 0. The van der Waals surface area contributed by atoms with Crippen molar-refractivity contribution in [2.24, 2.45) is 0 Å². The van der Waals surface area contributed by atoms with E-state index < -0.39 is 46.5 Å². The Kier molecular flexibility index (Phi) is 9.62. The van der Waals surface area contributed by atoms with Crippen molar-refractivity contribution in [2.45, 2.75) is 13.8 Å². The van der Waals surface area contributed by atoms with Crippen molar-refractivity contribution in [3.05, 3.63) is 90.4 Å². The lowest BCUT2D eigenvalue weighted by molar-refractivity contribution is 0.0959. The number of anilines is 2. The summed E-state index contributed by atoms with van der Waals surface area (Å²) in [4.78, 5) is 23.5. The maximum Gasteiger partial charge on any atom is 0.326 e. The lowest BCUT2D eigenvalue weighted by Crippen LogP contribution is -2.35. The first kappa shape index (κ1) is 28.5. The lowest BCUT2D eigenvalue weighted by Gasteiger charge is -2.11. The molecule has 0 fully saturated rings. The maximum absolute atomic E-state index is 14.0. The van der Waals surface area contributed by atoms with Crippen LogP contribution in [0.1, 0.15) is 21.5 Å². The van der Waals surface area contributed by atoms with Gasteiger partial charge in [0, 0.05) is 10.0 Å². The van der Waals surface area contributed by atoms with E-state index in [1.807, 2.05) is 5.32 Å². The number of nitrogen functional groups attached to an aromatic ring is 1. The zero-order valence-corrected chi connectivity index (χ0v) is 20.8. The standard InChI is InChI=1S/C15H9Cl2F3N2O2.C7H6Cl2FN/c1-6-7(16)5-10(13(20)12(6)17)21-15(24)22-14(23)11-8(18)3-2-4-9(11)19;1-3-4(8)2-5(11)7(10)6(3)9/h2-5H,1H3,(H2,21,22,23,24);2H,11H2,1H3. The largest absolute Gasteiger partial charge is 0.396 e. The van der Waals surface area contributed by atoms with Gasteiger partial charge in [0.05, 0.1) is 21.4 Å². The normalized spacial score (nSPS) is 10.3. The Bertz CT molecular complexity index is 1280. The number of hydrogen-bond acceptors (Lipinski definition) is 3. The maximum atomic E-state index is 14.0. The SMILES string of the molecule is Cc1c(Cl)cc(N)c(F)c1Cl.Cc1c(Cl)cc(NC(=O)NC(=O)c2c(F)cccc2F)c(F)c1Cl. The number of carbonyl (C=O) groups excluding carboxylic acids is 2. The molecule has 0 radical (unpaired) electrons. The topological polar surface area (TPSA) is 84.2 Å². The Morgan fingerprint density at radius 3 is 1.86 bits per heavy atom. The molecule has 0 spiro atoms. The summed E-state index contributed by atoms with van der Waals surface area (Å²) in [5.41, 5.74) is 4.68. The lowest BCUT2D eigenvalue weighted by atomic mass is 10.2. The summed E-state index contributed by atoms with van der Waals surface area (Å²) in [6, 6.07) is 4.00. The van der Waals surface area contributed by atoms with E-state index in [0.717, 1.165) is 24.3 Å². The third kappa shape index (κ3) is 6.70. The molecule has 0 aliphatic carbocycles. The number of halogens is 8. The molecular formula is C22H15Cl4F4N3O2. The number of rotatable bonds is 2. The van der Waals surface area contributed by atoms with Crippen molar-refractivity contribution >= 4 is 69.7 Å². The van der Waals surface area contributed by atoms with E-state index in [-0.39, 0.29) is 26.3 Å². The molecule has 3 rings (SSSR count). The van der Waals surface area contributed by atoms with Crippen molar-refractivity contribution in [1.82, 2.24) is 5.32 Å². The number of urea groups is 1. The third-order valence-electron chi connectivity index (χ3n) is 4.47. The van der Waals surface area contributed by atoms with Crippen molar-refractivity contribution in [3.8, 4) is 0 Å². The van der Waals surface area contributed by atoms with E-state index in [1.165, 1.54) is 13.0 Å². The Morgan fingerprint density at radius 2 is 1.31 bits per heavy atom. The van der Waals surface area contributed by atoms with Gasteiger partial charge in [-0.1, -0.05) is 52.5 Å². The summed E-state index contributed by atoms with van der Waals surface area (Å²) in [5, 5.41) is 3.85. The molecule has 3 aromatic rings. The van der Waals surface area contributed by atoms with Crippen LogP contribution in [0.4, 0.5) is 33.7 Å². The van der Waals surface area contributed by atoms with Crippen molar-refractivity contribution in [3.63, 3.8) is 0 Å². The van der Waals surface area contributed by atoms with Gasteiger partial charge in [-0.25, -0.2) is 22.4 Å². The highest BCUT2D eigenvalue weighted by Crippen LogP contribution is 2.32. The van der Waals surface area contributed by atoms with Crippen LogP contribution in [0.3, 0.4) is 0 Å². The van der Waals surface area contributed by atoms with Crippen LogP contribution < -0.4 is 16.4 Å². The minimum atomic E-state index is -1.33. The number of benzene rings is 3. The molecule has 3 amide bonds. The number of carbonyl (C=O) groups is 2. The Hall–Kier alpha value is -2.72. The molecule has 13 heteroatoms. The van der Waals surface area contributed by atoms with Gasteiger partial charge in [-0.05, 0) is 49.2 Å². The number of imide groups is 1. The summed E-state index contributed by atoms with van der Waals surface area (Å²) >= 11 is 22.8. The predicted octanol–water partition coefficient (Wildman–Crippen LogP) is 7.70. The molecule has 0 saturated carbocycles. The second kappa shape index (κ2) is 11.8. The van der Waals surface area contributed by atoms with Gasteiger partial charge in [-0.3, -0.25) is 10.1 Å². The highest BCUT2D eigenvalue weighted by atomic mass is 35.5. The van der Waals surface area contributed by atoms with Crippen LogP contribution in [-0.2, 0) is 0 Å². The van der Waals surface area contributed by atoms with E-state index in [0.29, 0.717) is 10.6 Å². The predicted molar refractivity (Wildman–Crippen MR) is 130 cm³/mol. The second-order valence-corrected chi connectivity index (χ2v) is 8.43. The molecule has 3 aromatic carbocycles. The first-order chi connectivity index (χ1) is 16.3. The molecular weight excluding hydrogens is 556 g/mol. The van der Waals surface area contributed by atoms with E-state index in [1.54, 1.807) is 12.2 Å². The third-order valence-corrected chi connectivity index (χ3v) is 6.15. The minimum absolute atomic E-state index is 0.00463. The molecule has 35 heavy (non-hydrogen) atoms. The second-order valence-electron chi connectivity index (χ2n) is 6.86. The highest BCUT2D eigenvalue weighted by Gasteiger charge is 2.21. The monoisotopic (exact) mass is 569 g/mol. The summed E-state index contributed by atoms with van der Waals surface area (Å²) in [5.74, 6) is -5.18. The fourth-order valence-corrected chi connectivity index (χ4v) is 3.44. The van der Waals surface area contributed by atoms with Gasteiger partial charge in [-0.15, -0.1) is 0 Å². The van der Waals surface area contributed by atoms with E-state index in [4.69, 9.17) is 52.1 Å². The minimum Gasteiger partial charge on any atom is -0.396 e. The molecule has 0 aliphatic heterocycles. The van der Waals surface area contributed by atoms with Crippen molar-refractivity contribution in [1.29, 1.82) is 0 Å². The van der Waals surface area contributed by atoms with Gasteiger partial charge in [-0.2, -0.15) is 0 Å². The Morgan fingerprint density at radius 1 is 0.829 bits per heavy atom. The van der Waals surface area contributed by atoms with Gasteiger partial charge >= 0.3 is 6.03 Å². The molecule has 5 nitrogen and oxygen atoms in total. The van der Waals surface area contributed by atoms with Gasteiger partial charge in [0.1, 0.15) is 17.2 Å². The molecule has 0 atom stereocenters. The van der Waals surface area contributed by atoms with Crippen LogP contribution >= 0.6 is 46.4 Å². The van der Waals surface area contributed by atoms with E-state index in [2.05, 4.69) is 0 Å². The van der Waals surface area contributed by atoms with Crippen molar-refractivity contribution < 1.29 is 27.2 Å². The summed E-state index contributed by atoms with van der Waals surface area (Å²) < 4.78 is 53.7. The molecule has 0 saturated heterocycles. The molecule has 0 aliphatic rings. The van der Waals surface area contributed by atoms with Crippen molar-refractivity contribution in [2.75, 3.05) is 11.1 Å². The van der Waals surface area contributed by atoms with Gasteiger partial charge in [0.2, 0.25) is 0 Å². The number of nitrogens with two attached hydrogens (primary N) is 1. The first-order valence-electron chi connectivity index (χ1n) is 9.36. The summed E-state index contributed by atoms with van der Waals surface area (Å²) in [6.45, 7) is 3.11. The molecule has 0 unspecified atom stereocenters. The van der Waals surface area contributed by atoms with Crippen LogP contribution in [0.25, 0.3) is 0 Å². The van der Waals surface area contributed by atoms with Gasteiger partial charge < -0.3 is 11.1 Å². The summed E-state index contributed by atoms with van der Waals surface area (Å²) in [6.07, 6.45) is 0. The first-order valence-corrected chi connectivity index (χ1v) is 10.9. The van der Waals surface area contributed by atoms with E-state index >= 15 is 0 Å². The molecule has 0 aromatic heterocycles. The van der Waals surface area contributed by atoms with Crippen LogP contribution in [-0.4, -0.2) is 11.9 Å². The molecule has 186 valence electrons. The van der Waals surface area contributed by atoms with Crippen LogP contribution in [0, 0.1) is 37.1 Å². The number of amides is 3. The quantitative estimate of drug-likeness (QED) is 0.168. The van der Waals surface area contributed by atoms with Crippen LogP contribution in [0.5, 0.6) is 0 Å². The Balaban J connectivity index is 0.000000328. The average molecular weight is 571 g/mol. The fourth-order valence-electron chi connectivity index (χ4n) is 2.52. The molecule has 0 bridgehead atoms. The highest BCUT2D eigenvalue weighted by molar-refractivity contribution is 6.37. The zero-order chi connectivity index (χ0) is 26.6. The fraction of sp³-hybridized carbons (Fsp3) is 0.0909. The van der Waals surface area contributed by atoms with Gasteiger partial charge in [0.15, 0.2) is 11.6 Å². The van der Waals surface area contributed by atoms with Crippen LogP contribution in [0.15, 0.2) is 30.3 Å². The van der Waals surface area contributed by atoms with E-state index in [9.17, 15) is 27.2 Å². The average Bonchev–Trinajstić information content (AvgIpc) is 2.78. The number of hydrogen-bond donors (Lipinski definition) is 3. The number of nitrogens with one attached hydrogen (secondary N) is 2. The zero-order valence-electron chi connectivity index (χ0n) is 17.8. The van der Waals surface area contributed by atoms with Gasteiger partial charge in [0.25, 0.3) is 5.91 Å². The smallest absolute Gasteiger partial charge is 0.326 e. The molecule has 4 N–H and O–H groups in total. The van der Waals surface area contributed by atoms with Crippen LogP contribution in [0.2, 0.25) is 20.1 Å². The Labute approximate surface area is 217 Å². The molecule has 0 heterocycles.